The van der Waals surface area contributed by atoms with Gasteiger partial charge in [0.25, 0.3) is 5.91 Å². The Morgan fingerprint density at radius 1 is 1.35 bits per heavy atom. The molecule has 0 unspecified atom stereocenters. The summed E-state index contributed by atoms with van der Waals surface area (Å²) < 4.78 is 0. The van der Waals surface area contributed by atoms with E-state index in [2.05, 4.69) is 10.3 Å². The molecule has 86 valence electrons. The van der Waals surface area contributed by atoms with Gasteiger partial charge in [-0.3, -0.25) is 9.78 Å². The second kappa shape index (κ2) is 4.84. The van der Waals surface area contributed by atoms with Gasteiger partial charge in [-0.1, -0.05) is 11.6 Å². The molecule has 0 saturated heterocycles. The predicted octanol–water partition coefficient (Wildman–Crippen LogP) is 2.69. The zero-order valence-corrected chi connectivity index (χ0v) is 9.48. The molecule has 2 N–H and O–H groups in total. The first-order valence-corrected chi connectivity index (χ1v) is 5.24. The van der Waals surface area contributed by atoms with Crippen molar-refractivity contribution in [2.24, 2.45) is 0 Å². The van der Waals surface area contributed by atoms with Gasteiger partial charge in [0.1, 0.15) is 5.75 Å². The predicted molar refractivity (Wildman–Crippen MR) is 65.3 cm³/mol. The van der Waals surface area contributed by atoms with Gasteiger partial charge >= 0.3 is 0 Å². The van der Waals surface area contributed by atoms with Crippen LogP contribution in [0.1, 0.15) is 10.4 Å². The minimum Gasteiger partial charge on any atom is -0.506 e. The van der Waals surface area contributed by atoms with E-state index in [4.69, 9.17) is 11.6 Å². The SMILES string of the molecule is O=C(Nc1ccc(O)c(Cl)c1)c1cccnc1. The molecule has 0 radical (unpaired) electrons. The number of rotatable bonds is 2. The molecule has 2 rings (SSSR count). The lowest BCUT2D eigenvalue weighted by Crippen LogP contribution is -2.11. The number of phenolic OH excluding ortho intramolecular Hbond substituents is 1. The lowest BCUT2D eigenvalue weighted by molar-refractivity contribution is 0.102. The smallest absolute Gasteiger partial charge is 0.257 e. The summed E-state index contributed by atoms with van der Waals surface area (Å²) in [6.45, 7) is 0. The zero-order valence-electron chi connectivity index (χ0n) is 8.72. The van der Waals surface area contributed by atoms with Crippen molar-refractivity contribution in [3.8, 4) is 5.75 Å². The van der Waals surface area contributed by atoms with E-state index in [1.807, 2.05) is 0 Å². The minimum atomic E-state index is -0.278. The summed E-state index contributed by atoms with van der Waals surface area (Å²) in [7, 11) is 0. The largest absolute Gasteiger partial charge is 0.506 e. The number of hydrogen-bond acceptors (Lipinski definition) is 3. The van der Waals surface area contributed by atoms with E-state index in [0.29, 0.717) is 11.3 Å². The van der Waals surface area contributed by atoms with Crippen molar-refractivity contribution in [3.63, 3.8) is 0 Å². The van der Waals surface area contributed by atoms with Crippen LogP contribution >= 0.6 is 11.6 Å². The molecule has 0 saturated carbocycles. The average molecular weight is 249 g/mol. The van der Waals surface area contributed by atoms with Crippen LogP contribution in [0, 0.1) is 0 Å². The fourth-order valence-electron chi connectivity index (χ4n) is 1.28. The second-order valence-electron chi connectivity index (χ2n) is 3.36. The number of phenols is 1. The maximum absolute atomic E-state index is 11.8. The van der Waals surface area contributed by atoms with Gasteiger partial charge in [0, 0.05) is 18.1 Å². The molecule has 1 aromatic carbocycles. The van der Waals surface area contributed by atoms with Crippen LogP contribution in [0.15, 0.2) is 42.7 Å². The quantitative estimate of drug-likeness (QED) is 0.804. The highest BCUT2D eigenvalue weighted by atomic mass is 35.5. The third kappa shape index (κ3) is 2.73. The first-order chi connectivity index (χ1) is 8.16. The van der Waals surface area contributed by atoms with Crippen LogP contribution in [0.2, 0.25) is 5.02 Å². The molecule has 0 aliphatic rings. The number of carbonyl (C=O) groups excluding carboxylic acids is 1. The number of aromatic hydroxyl groups is 1. The van der Waals surface area contributed by atoms with Crippen LogP contribution in [0.25, 0.3) is 0 Å². The standard InChI is InChI=1S/C12H9ClN2O2/c13-10-6-9(3-4-11(10)16)15-12(17)8-2-1-5-14-7-8/h1-7,16H,(H,15,17). The first-order valence-electron chi connectivity index (χ1n) is 4.87. The maximum Gasteiger partial charge on any atom is 0.257 e. The van der Waals surface area contributed by atoms with Gasteiger partial charge in [-0.25, -0.2) is 0 Å². The molecule has 0 aliphatic carbocycles. The normalized spacial score (nSPS) is 9.94. The number of amides is 1. The molecule has 0 spiro atoms. The van der Waals surface area contributed by atoms with Crippen LogP contribution in [0.5, 0.6) is 5.75 Å². The summed E-state index contributed by atoms with van der Waals surface area (Å²) in [5.74, 6) is -0.300. The molecule has 1 amide bonds. The van der Waals surface area contributed by atoms with Gasteiger partial charge < -0.3 is 10.4 Å². The number of hydrogen-bond donors (Lipinski definition) is 2. The lowest BCUT2D eigenvalue weighted by atomic mass is 10.2. The van der Waals surface area contributed by atoms with Crippen LogP contribution in [0.4, 0.5) is 5.69 Å². The van der Waals surface area contributed by atoms with E-state index < -0.39 is 0 Å². The Morgan fingerprint density at radius 2 is 2.18 bits per heavy atom. The zero-order chi connectivity index (χ0) is 12.3. The van der Waals surface area contributed by atoms with Crippen LogP contribution in [0.3, 0.4) is 0 Å². The Bertz CT molecular complexity index is 543. The van der Waals surface area contributed by atoms with Gasteiger partial charge in [0.05, 0.1) is 10.6 Å². The van der Waals surface area contributed by atoms with Gasteiger partial charge in [0.15, 0.2) is 0 Å². The molecule has 0 atom stereocenters. The number of benzene rings is 1. The summed E-state index contributed by atoms with van der Waals surface area (Å²) in [5, 5.41) is 12.1. The molecule has 4 nitrogen and oxygen atoms in total. The highest BCUT2D eigenvalue weighted by molar-refractivity contribution is 6.32. The number of pyridine rings is 1. The molecule has 1 heterocycles. The number of anilines is 1. The van der Waals surface area contributed by atoms with Crippen molar-refractivity contribution < 1.29 is 9.90 Å². The third-order valence-corrected chi connectivity index (χ3v) is 2.43. The molecule has 5 heteroatoms. The van der Waals surface area contributed by atoms with Gasteiger partial charge in [-0.15, -0.1) is 0 Å². The van der Waals surface area contributed by atoms with Crippen LogP contribution in [-0.2, 0) is 0 Å². The Balaban J connectivity index is 2.16. The molecule has 0 aliphatic heterocycles. The van der Waals surface area contributed by atoms with Gasteiger partial charge in [-0.05, 0) is 30.3 Å². The Hall–Kier alpha value is -2.07. The number of halogens is 1. The fourth-order valence-corrected chi connectivity index (χ4v) is 1.47. The Kier molecular flexibility index (Phi) is 3.25. The van der Waals surface area contributed by atoms with E-state index in [9.17, 15) is 9.90 Å². The summed E-state index contributed by atoms with van der Waals surface area (Å²) in [6.07, 6.45) is 3.06. The van der Waals surface area contributed by atoms with Crippen molar-refractivity contribution in [2.75, 3.05) is 5.32 Å². The van der Waals surface area contributed by atoms with E-state index in [1.165, 1.54) is 18.3 Å². The summed E-state index contributed by atoms with van der Waals surface area (Å²) in [6, 6.07) is 7.80. The van der Waals surface area contributed by atoms with E-state index in [-0.39, 0.29) is 16.7 Å². The average Bonchev–Trinajstić information content (AvgIpc) is 2.35. The first kappa shape index (κ1) is 11.4. The van der Waals surface area contributed by atoms with Crippen LogP contribution < -0.4 is 5.32 Å². The molecule has 2 aromatic rings. The number of nitrogens with zero attached hydrogens (tertiary/aromatic N) is 1. The highest BCUT2D eigenvalue weighted by Gasteiger charge is 2.06. The minimum absolute atomic E-state index is 0.0222. The van der Waals surface area contributed by atoms with Crippen molar-refractivity contribution in [1.29, 1.82) is 0 Å². The molecular weight excluding hydrogens is 240 g/mol. The van der Waals surface area contributed by atoms with Gasteiger partial charge in [-0.2, -0.15) is 0 Å². The van der Waals surface area contributed by atoms with E-state index >= 15 is 0 Å². The van der Waals surface area contributed by atoms with Crippen LogP contribution in [-0.4, -0.2) is 16.0 Å². The Labute approximate surface area is 103 Å². The highest BCUT2D eigenvalue weighted by Crippen LogP contribution is 2.26. The third-order valence-electron chi connectivity index (χ3n) is 2.13. The molecule has 0 bridgehead atoms. The van der Waals surface area contributed by atoms with Crippen molar-refractivity contribution in [2.45, 2.75) is 0 Å². The summed E-state index contributed by atoms with van der Waals surface area (Å²) in [4.78, 5) is 15.6. The summed E-state index contributed by atoms with van der Waals surface area (Å²) >= 11 is 5.73. The van der Waals surface area contributed by atoms with Crippen molar-refractivity contribution >= 4 is 23.2 Å². The molecular formula is C12H9ClN2O2. The summed E-state index contributed by atoms with van der Waals surface area (Å²) in [5.41, 5.74) is 0.971. The van der Waals surface area contributed by atoms with Crippen molar-refractivity contribution in [1.82, 2.24) is 4.98 Å². The van der Waals surface area contributed by atoms with E-state index in [0.717, 1.165) is 0 Å². The second-order valence-corrected chi connectivity index (χ2v) is 3.77. The van der Waals surface area contributed by atoms with Gasteiger partial charge in [0.2, 0.25) is 0 Å². The monoisotopic (exact) mass is 248 g/mol. The molecule has 0 fully saturated rings. The number of carbonyl (C=O) groups is 1. The molecule has 17 heavy (non-hydrogen) atoms. The number of nitrogens with one attached hydrogen (secondary N) is 1. The van der Waals surface area contributed by atoms with Crippen molar-refractivity contribution in [3.05, 3.63) is 53.3 Å². The Morgan fingerprint density at radius 3 is 2.82 bits per heavy atom. The fraction of sp³-hybridized carbons (Fsp3) is 0. The maximum atomic E-state index is 11.8. The molecule has 1 aromatic heterocycles. The topological polar surface area (TPSA) is 62.2 Å². The number of aromatic nitrogens is 1. The lowest BCUT2D eigenvalue weighted by Gasteiger charge is -2.05. The van der Waals surface area contributed by atoms with E-state index in [1.54, 1.807) is 24.4 Å².